The molecule has 0 bridgehead atoms. The van der Waals surface area contributed by atoms with E-state index in [2.05, 4.69) is 10.4 Å². The summed E-state index contributed by atoms with van der Waals surface area (Å²) in [5.41, 5.74) is 9.69. The maximum atomic E-state index is 11.1. The molecule has 0 atom stereocenters. The Balaban J connectivity index is 2.09. The molecule has 6 heteroatoms. The number of benzene rings is 2. The molecule has 122 valence electrons. The van der Waals surface area contributed by atoms with Gasteiger partial charge in [0.2, 0.25) is 0 Å². The first-order chi connectivity index (χ1) is 11.6. The zero-order chi connectivity index (χ0) is 17.1. The fraction of sp³-hybridized carbons (Fsp3) is 0.111. The van der Waals surface area contributed by atoms with Crippen LogP contribution in [0.4, 0.5) is 10.5 Å². The predicted octanol–water partition coefficient (Wildman–Crippen LogP) is 3.25. The molecule has 0 aliphatic carbocycles. The molecule has 3 N–H and O–H groups in total. The summed E-state index contributed by atoms with van der Waals surface area (Å²) in [7, 11) is 3.52. The number of nitrogens with zero attached hydrogens (tertiary/aromatic N) is 2. The van der Waals surface area contributed by atoms with Crippen molar-refractivity contribution in [2.45, 2.75) is 0 Å². The normalized spacial score (nSPS) is 10.4. The molecule has 0 radical (unpaired) electrons. The van der Waals surface area contributed by atoms with Crippen LogP contribution in [0.5, 0.6) is 5.75 Å². The number of aryl methyl sites for hydroxylation is 1. The second kappa shape index (κ2) is 6.45. The molecule has 1 heterocycles. The highest BCUT2D eigenvalue weighted by molar-refractivity contribution is 5.89. The van der Waals surface area contributed by atoms with Crippen molar-refractivity contribution in [3.8, 4) is 28.1 Å². The van der Waals surface area contributed by atoms with Gasteiger partial charge >= 0.3 is 6.03 Å². The Labute approximate surface area is 139 Å². The van der Waals surface area contributed by atoms with E-state index in [0.29, 0.717) is 5.69 Å². The summed E-state index contributed by atoms with van der Waals surface area (Å²) in [5.74, 6) is 0.784. The molecule has 0 aliphatic rings. The van der Waals surface area contributed by atoms with Gasteiger partial charge in [-0.1, -0.05) is 24.3 Å². The lowest BCUT2D eigenvalue weighted by Gasteiger charge is -2.10. The molecular formula is C18H18N4O2. The van der Waals surface area contributed by atoms with Crippen molar-refractivity contribution in [3.05, 3.63) is 54.7 Å². The molecule has 3 aromatic rings. The fourth-order valence-corrected chi connectivity index (χ4v) is 2.67. The number of carbonyl (C=O) groups excluding carboxylic acids is 1. The number of aromatic nitrogens is 2. The molecule has 2 amide bonds. The molecule has 0 aliphatic heterocycles. The van der Waals surface area contributed by atoms with E-state index in [0.717, 1.165) is 28.1 Å². The van der Waals surface area contributed by atoms with E-state index < -0.39 is 6.03 Å². The SMILES string of the molecule is COc1cccc(-c2cnn(C)c2-c2cccc(NC(N)=O)c2)c1. The Hall–Kier alpha value is -3.28. The summed E-state index contributed by atoms with van der Waals surface area (Å²) in [6, 6.07) is 14.7. The van der Waals surface area contributed by atoms with Gasteiger partial charge in [-0.3, -0.25) is 4.68 Å². The van der Waals surface area contributed by atoms with Crippen LogP contribution in [0.15, 0.2) is 54.7 Å². The number of primary amides is 1. The number of anilines is 1. The van der Waals surface area contributed by atoms with Crippen LogP contribution in [0.3, 0.4) is 0 Å². The van der Waals surface area contributed by atoms with Crippen molar-refractivity contribution in [2.24, 2.45) is 12.8 Å². The number of rotatable bonds is 4. The van der Waals surface area contributed by atoms with E-state index in [4.69, 9.17) is 10.5 Å². The molecule has 0 saturated carbocycles. The lowest BCUT2D eigenvalue weighted by molar-refractivity contribution is 0.259. The number of ether oxygens (including phenoxy) is 1. The fourth-order valence-electron chi connectivity index (χ4n) is 2.67. The van der Waals surface area contributed by atoms with Crippen molar-refractivity contribution in [1.82, 2.24) is 9.78 Å². The van der Waals surface area contributed by atoms with Crippen molar-refractivity contribution < 1.29 is 9.53 Å². The highest BCUT2D eigenvalue weighted by Gasteiger charge is 2.14. The lowest BCUT2D eigenvalue weighted by atomic mass is 10.0. The average molecular weight is 322 g/mol. The Bertz CT molecular complexity index is 886. The number of nitrogens with one attached hydrogen (secondary N) is 1. The van der Waals surface area contributed by atoms with Crippen molar-refractivity contribution in [2.75, 3.05) is 12.4 Å². The van der Waals surface area contributed by atoms with Gasteiger partial charge in [0.1, 0.15) is 5.75 Å². The minimum absolute atomic E-state index is 0.592. The third-order valence-corrected chi connectivity index (χ3v) is 3.72. The summed E-state index contributed by atoms with van der Waals surface area (Å²) in [6.07, 6.45) is 1.82. The summed E-state index contributed by atoms with van der Waals surface area (Å²) in [5, 5.41) is 6.97. The monoisotopic (exact) mass is 322 g/mol. The van der Waals surface area contributed by atoms with Crippen LogP contribution in [0, 0.1) is 0 Å². The Morgan fingerprint density at radius 3 is 2.67 bits per heavy atom. The molecule has 0 unspecified atom stereocenters. The molecule has 3 rings (SSSR count). The van der Waals surface area contributed by atoms with Gasteiger partial charge in [-0.2, -0.15) is 5.10 Å². The second-order valence-electron chi connectivity index (χ2n) is 5.33. The largest absolute Gasteiger partial charge is 0.497 e. The second-order valence-corrected chi connectivity index (χ2v) is 5.33. The third-order valence-electron chi connectivity index (χ3n) is 3.72. The van der Waals surface area contributed by atoms with Crippen LogP contribution in [0.25, 0.3) is 22.4 Å². The van der Waals surface area contributed by atoms with Crippen LogP contribution in [-0.4, -0.2) is 22.9 Å². The lowest BCUT2D eigenvalue weighted by Crippen LogP contribution is -2.19. The van der Waals surface area contributed by atoms with E-state index >= 15 is 0 Å². The minimum Gasteiger partial charge on any atom is -0.497 e. The van der Waals surface area contributed by atoms with Crippen LogP contribution < -0.4 is 15.8 Å². The highest BCUT2D eigenvalue weighted by Crippen LogP contribution is 2.34. The van der Waals surface area contributed by atoms with Gasteiger partial charge in [-0.15, -0.1) is 0 Å². The van der Waals surface area contributed by atoms with Crippen molar-refractivity contribution in [1.29, 1.82) is 0 Å². The zero-order valence-corrected chi connectivity index (χ0v) is 13.5. The summed E-state index contributed by atoms with van der Waals surface area (Å²) in [6.45, 7) is 0. The molecule has 0 saturated heterocycles. The molecule has 2 aromatic carbocycles. The van der Waals surface area contributed by atoms with Crippen molar-refractivity contribution in [3.63, 3.8) is 0 Å². The van der Waals surface area contributed by atoms with E-state index in [9.17, 15) is 4.79 Å². The zero-order valence-electron chi connectivity index (χ0n) is 13.5. The Morgan fingerprint density at radius 2 is 1.92 bits per heavy atom. The van der Waals surface area contributed by atoms with Gasteiger partial charge in [0, 0.05) is 23.9 Å². The minimum atomic E-state index is -0.592. The number of urea groups is 1. The summed E-state index contributed by atoms with van der Waals surface area (Å²) >= 11 is 0. The maximum absolute atomic E-state index is 11.1. The van der Waals surface area contributed by atoms with Gasteiger partial charge in [-0.25, -0.2) is 4.79 Å². The highest BCUT2D eigenvalue weighted by atomic mass is 16.5. The Morgan fingerprint density at radius 1 is 1.17 bits per heavy atom. The first-order valence-corrected chi connectivity index (χ1v) is 7.42. The first-order valence-electron chi connectivity index (χ1n) is 7.42. The average Bonchev–Trinajstić information content (AvgIpc) is 2.96. The van der Waals surface area contributed by atoms with Gasteiger partial charge in [0.05, 0.1) is 19.0 Å². The number of nitrogens with two attached hydrogens (primary N) is 1. The maximum Gasteiger partial charge on any atom is 0.316 e. The third kappa shape index (κ3) is 3.08. The van der Waals surface area contributed by atoms with Crippen LogP contribution in [0.1, 0.15) is 0 Å². The molecule has 0 spiro atoms. The van der Waals surface area contributed by atoms with Gasteiger partial charge in [0.15, 0.2) is 0 Å². The molecule has 6 nitrogen and oxygen atoms in total. The van der Waals surface area contributed by atoms with E-state index in [-0.39, 0.29) is 0 Å². The molecule has 24 heavy (non-hydrogen) atoms. The standard InChI is InChI=1S/C18H18N4O2/c1-22-17(13-6-3-7-14(9-13)21-18(19)23)16(11-20-22)12-5-4-8-15(10-12)24-2/h3-11H,1-2H3,(H3,19,21,23). The predicted molar refractivity (Wildman–Crippen MR) is 93.8 cm³/mol. The van der Waals surface area contributed by atoms with Crippen molar-refractivity contribution >= 4 is 11.7 Å². The molecule has 0 fully saturated rings. The quantitative estimate of drug-likeness (QED) is 0.773. The number of methoxy groups -OCH3 is 1. The van der Waals surface area contributed by atoms with E-state index in [1.54, 1.807) is 17.9 Å². The summed E-state index contributed by atoms with van der Waals surface area (Å²) < 4.78 is 7.11. The van der Waals surface area contributed by atoms with Crippen LogP contribution in [-0.2, 0) is 7.05 Å². The molecular weight excluding hydrogens is 304 g/mol. The van der Waals surface area contributed by atoms with Gasteiger partial charge in [-0.05, 0) is 29.8 Å². The number of hydrogen-bond donors (Lipinski definition) is 2. The number of amides is 2. The smallest absolute Gasteiger partial charge is 0.316 e. The molecule has 1 aromatic heterocycles. The number of carbonyl (C=O) groups is 1. The summed E-state index contributed by atoms with van der Waals surface area (Å²) in [4.78, 5) is 11.1. The first kappa shape index (κ1) is 15.6. The van der Waals surface area contributed by atoms with Gasteiger partial charge < -0.3 is 15.8 Å². The van der Waals surface area contributed by atoms with Crippen LogP contribution >= 0.6 is 0 Å². The van der Waals surface area contributed by atoms with E-state index in [1.807, 2.05) is 55.7 Å². The topological polar surface area (TPSA) is 82.2 Å². The Kier molecular flexibility index (Phi) is 4.20. The van der Waals surface area contributed by atoms with Crippen LogP contribution in [0.2, 0.25) is 0 Å². The van der Waals surface area contributed by atoms with Gasteiger partial charge in [0.25, 0.3) is 0 Å². The van der Waals surface area contributed by atoms with E-state index in [1.165, 1.54) is 0 Å². The number of hydrogen-bond acceptors (Lipinski definition) is 3.